The van der Waals surface area contributed by atoms with E-state index in [1.54, 1.807) is 24.3 Å². The molecule has 10 radical (unpaired) electrons. The molecular weight excluding hydrogens is 624 g/mol. The number of non-ortho nitro benzene ring substituents is 2. The molecule has 3 aliphatic rings. The van der Waals surface area contributed by atoms with Crippen LogP contribution in [0.1, 0.15) is 22.3 Å². The summed E-state index contributed by atoms with van der Waals surface area (Å²) in [4.78, 5) is 43.7. The molecule has 0 spiro atoms. The van der Waals surface area contributed by atoms with Crippen molar-refractivity contribution in [3.05, 3.63) is 181 Å². The number of hydrogen-bond acceptors (Lipinski definition) is 8. The van der Waals surface area contributed by atoms with Crippen molar-refractivity contribution >= 4 is 40.5 Å². The molecule has 0 N–H and O–H groups in total. The minimum absolute atomic E-state index is 0. The summed E-state index contributed by atoms with van der Waals surface area (Å²) >= 11 is 0. The third kappa shape index (κ3) is 7.32. The van der Waals surface area contributed by atoms with Crippen LogP contribution >= 0.6 is 0 Å². The fourth-order valence-electron chi connectivity index (χ4n) is 4.86. The van der Waals surface area contributed by atoms with Gasteiger partial charge in [0.05, 0.1) is 43.0 Å². The second-order valence-electron chi connectivity index (χ2n) is 9.54. The van der Waals surface area contributed by atoms with E-state index in [4.69, 9.17) is 0 Å². The number of nitrogens with zero attached hydrogens (tertiary/aromatic N) is 4. The van der Waals surface area contributed by atoms with E-state index >= 15 is 0 Å². The first-order valence-electron chi connectivity index (χ1n) is 13.0. The van der Waals surface area contributed by atoms with Crippen molar-refractivity contribution in [2.24, 2.45) is 0 Å². The van der Waals surface area contributed by atoms with Crippen molar-refractivity contribution in [3.63, 3.8) is 0 Å². The molecule has 0 atom stereocenters. The van der Waals surface area contributed by atoms with Crippen LogP contribution in [0.5, 0.6) is 0 Å². The maximum absolute atomic E-state index is 11.9. The van der Waals surface area contributed by atoms with Crippen molar-refractivity contribution in [2.75, 3.05) is 0 Å². The van der Waals surface area contributed by atoms with Gasteiger partial charge in [0.15, 0.2) is 0 Å². The molecule has 3 aromatic carbocycles. The molecule has 6 rings (SSSR count). The number of hydrogen-bond donors (Lipinski definition) is 0. The molecule has 3 aliphatic carbocycles. The first-order chi connectivity index (χ1) is 21.1. The molecular formula is C32H20FeN4O8+2. The Balaban J connectivity index is 0.000000700. The van der Waals surface area contributed by atoms with E-state index in [9.17, 15) is 40.5 Å². The van der Waals surface area contributed by atoms with E-state index < -0.39 is 42.4 Å². The molecule has 2 fully saturated rings. The summed E-state index contributed by atoms with van der Waals surface area (Å²) in [5, 5.41) is 47.0. The zero-order chi connectivity index (χ0) is 31.4. The Bertz CT molecular complexity index is 1620. The number of rotatable bonds is 7. The fraction of sp³-hybridized carbons (Fsp3) is 0. The summed E-state index contributed by atoms with van der Waals surface area (Å²) in [6, 6.07) is 10.7. The number of allylic oxidation sites excluding steroid dienone is 1. The summed E-state index contributed by atoms with van der Waals surface area (Å²) in [6.07, 6.45) is 23.1. The van der Waals surface area contributed by atoms with Gasteiger partial charge in [0.2, 0.25) is 0 Å². The van der Waals surface area contributed by atoms with Gasteiger partial charge in [-0.15, -0.1) is 0 Å². The summed E-state index contributed by atoms with van der Waals surface area (Å²) in [6.45, 7) is 0. The Labute approximate surface area is 268 Å². The molecule has 45 heavy (non-hydrogen) atoms. The Hall–Kier alpha value is -4.74. The average Bonchev–Trinajstić information content (AvgIpc) is 3.79. The molecule has 222 valence electrons. The molecule has 0 amide bonds. The number of nitro benzene ring substituents is 4. The topological polar surface area (TPSA) is 173 Å². The second kappa shape index (κ2) is 14.4. The molecule has 0 bridgehead atoms. The van der Waals surface area contributed by atoms with Gasteiger partial charge in [-0.05, 0) is 80.6 Å². The molecule has 0 saturated heterocycles. The van der Waals surface area contributed by atoms with Gasteiger partial charge in [0.25, 0.3) is 22.7 Å². The normalized spacial score (nSPS) is 15.1. The van der Waals surface area contributed by atoms with Crippen molar-refractivity contribution < 1.29 is 36.8 Å². The quantitative estimate of drug-likeness (QED) is 0.114. The molecule has 0 aliphatic heterocycles. The SMILES string of the molecule is O=[N+]([O-])c1cc2c(c([N+](=O)[O-])c1)-c1c(cc([N+](=O)[O-])cc1[N+](=O)[O-])C2=Cc1ccc(/C=C\[C]2[CH][CH][CH][CH]2)cc1.[CH]1[CH][CH][CH][CH]1.[Fe+2]. The predicted molar refractivity (Wildman–Crippen MR) is 163 cm³/mol. The van der Waals surface area contributed by atoms with E-state index in [1.807, 2.05) is 69.9 Å². The fourth-order valence-corrected chi connectivity index (χ4v) is 4.86. The maximum atomic E-state index is 11.9. The van der Waals surface area contributed by atoms with Gasteiger partial charge in [-0.1, -0.05) is 36.4 Å². The predicted octanol–water partition coefficient (Wildman–Crippen LogP) is 7.33. The van der Waals surface area contributed by atoms with Gasteiger partial charge in [0, 0.05) is 29.2 Å². The second-order valence-corrected chi connectivity index (χ2v) is 9.54. The van der Waals surface area contributed by atoms with Crippen molar-refractivity contribution in [3.8, 4) is 11.1 Å². The van der Waals surface area contributed by atoms with Gasteiger partial charge in [-0.2, -0.15) is 0 Å². The van der Waals surface area contributed by atoms with Crippen molar-refractivity contribution in [2.45, 2.75) is 0 Å². The summed E-state index contributed by atoms with van der Waals surface area (Å²) < 4.78 is 0. The third-order valence-corrected chi connectivity index (χ3v) is 6.81. The van der Waals surface area contributed by atoms with E-state index in [2.05, 4.69) is 0 Å². The van der Waals surface area contributed by atoms with Crippen LogP contribution in [0.25, 0.3) is 28.9 Å². The van der Waals surface area contributed by atoms with Crippen LogP contribution in [-0.2, 0) is 17.1 Å². The molecule has 2 saturated carbocycles. The van der Waals surface area contributed by atoms with Gasteiger partial charge in [-0.25, -0.2) is 0 Å². The molecule has 13 heteroatoms. The largest absolute Gasteiger partial charge is 2.00 e. The van der Waals surface area contributed by atoms with Crippen LogP contribution in [0.4, 0.5) is 22.7 Å². The van der Waals surface area contributed by atoms with Crippen LogP contribution < -0.4 is 0 Å². The number of fused-ring (bicyclic) bond motifs is 3. The summed E-state index contributed by atoms with van der Waals surface area (Å²) in [5.41, 5.74) is -1.45. The zero-order valence-electron chi connectivity index (χ0n) is 23.0. The van der Waals surface area contributed by atoms with Gasteiger partial charge in [0.1, 0.15) is 0 Å². The van der Waals surface area contributed by atoms with Crippen LogP contribution in [-0.4, -0.2) is 19.7 Å². The van der Waals surface area contributed by atoms with E-state index in [-0.39, 0.29) is 44.9 Å². The van der Waals surface area contributed by atoms with Crippen LogP contribution in [0.2, 0.25) is 0 Å². The van der Waals surface area contributed by atoms with E-state index in [1.165, 1.54) is 6.08 Å². The minimum atomic E-state index is -0.864. The molecule has 0 aromatic heterocycles. The Morgan fingerprint density at radius 1 is 0.511 bits per heavy atom. The Morgan fingerprint density at radius 2 is 0.933 bits per heavy atom. The Morgan fingerprint density at radius 3 is 1.33 bits per heavy atom. The first-order valence-corrected chi connectivity index (χ1v) is 13.0. The van der Waals surface area contributed by atoms with Crippen molar-refractivity contribution in [1.29, 1.82) is 0 Å². The third-order valence-electron chi connectivity index (χ3n) is 6.81. The van der Waals surface area contributed by atoms with Gasteiger partial charge < -0.3 is 0 Å². The van der Waals surface area contributed by atoms with Gasteiger partial charge >= 0.3 is 17.1 Å². The molecule has 0 heterocycles. The Kier molecular flexibility index (Phi) is 10.6. The zero-order valence-corrected chi connectivity index (χ0v) is 24.1. The number of benzene rings is 3. The van der Waals surface area contributed by atoms with E-state index in [0.29, 0.717) is 5.56 Å². The smallest absolute Gasteiger partial charge is 0.258 e. The molecule has 0 unspecified atom stereocenters. The van der Waals surface area contributed by atoms with Crippen LogP contribution in [0.3, 0.4) is 0 Å². The first kappa shape index (κ1) is 33.2. The summed E-state index contributed by atoms with van der Waals surface area (Å²) in [5.74, 6) is 1.02. The van der Waals surface area contributed by atoms with Crippen LogP contribution in [0, 0.1) is 104 Å². The standard InChI is InChI=1S/C27H15N4O8.C5H5.Fe/c32-28(33)19-12-22-21(11-18-9-7-17(8-10-18)6-5-16-3-1-2-4-16)23-13-20(29(34)35)15-25(31(38)39)27(23)26(22)24(14-19)30(36)37;1-2-4-5-3-1;/h1-15H;1-5H;/q;;+2/b6-5-;;. The molecule has 12 nitrogen and oxygen atoms in total. The minimum Gasteiger partial charge on any atom is -0.258 e. The van der Waals surface area contributed by atoms with Crippen LogP contribution in [0.15, 0.2) is 54.6 Å². The van der Waals surface area contributed by atoms with Crippen molar-refractivity contribution in [1.82, 2.24) is 0 Å². The summed E-state index contributed by atoms with van der Waals surface area (Å²) in [7, 11) is 0. The average molecular weight is 644 g/mol. The molecule has 3 aromatic rings. The maximum Gasteiger partial charge on any atom is 2.00 e. The van der Waals surface area contributed by atoms with Gasteiger partial charge in [-0.3, -0.25) is 40.5 Å². The van der Waals surface area contributed by atoms with E-state index in [0.717, 1.165) is 35.7 Å². The number of nitro groups is 4. The monoisotopic (exact) mass is 644 g/mol.